The SMILES string of the molecule is COc1nc(N)cc(C)c1NC(C)=O. The van der Waals surface area contributed by atoms with E-state index in [2.05, 4.69) is 10.3 Å². The van der Waals surface area contributed by atoms with Crippen LogP contribution in [0, 0.1) is 6.92 Å². The fourth-order valence-corrected chi connectivity index (χ4v) is 1.14. The number of carbonyl (C=O) groups is 1. The molecule has 0 saturated heterocycles. The maximum absolute atomic E-state index is 10.9. The van der Waals surface area contributed by atoms with Crippen LogP contribution in [0.4, 0.5) is 11.5 Å². The van der Waals surface area contributed by atoms with Crippen LogP contribution >= 0.6 is 0 Å². The van der Waals surface area contributed by atoms with Crippen molar-refractivity contribution >= 4 is 17.4 Å². The van der Waals surface area contributed by atoms with Crippen LogP contribution < -0.4 is 15.8 Å². The summed E-state index contributed by atoms with van der Waals surface area (Å²) < 4.78 is 5.00. The zero-order valence-electron chi connectivity index (χ0n) is 8.42. The number of carbonyl (C=O) groups excluding carboxylic acids is 1. The van der Waals surface area contributed by atoms with E-state index >= 15 is 0 Å². The summed E-state index contributed by atoms with van der Waals surface area (Å²) in [5, 5.41) is 2.64. The molecule has 5 nitrogen and oxygen atoms in total. The number of aromatic nitrogens is 1. The summed E-state index contributed by atoms with van der Waals surface area (Å²) in [5.41, 5.74) is 6.92. The molecule has 0 aromatic carbocycles. The van der Waals surface area contributed by atoms with Gasteiger partial charge in [-0.25, -0.2) is 0 Å². The van der Waals surface area contributed by atoms with Crippen molar-refractivity contribution in [3.63, 3.8) is 0 Å². The van der Waals surface area contributed by atoms with Gasteiger partial charge in [0.2, 0.25) is 11.8 Å². The van der Waals surface area contributed by atoms with Gasteiger partial charge >= 0.3 is 0 Å². The van der Waals surface area contributed by atoms with Crippen molar-refractivity contribution in [1.82, 2.24) is 4.98 Å². The number of rotatable bonds is 2. The van der Waals surface area contributed by atoms with Crippen molar-refractivity contribution < 1.29 is 9.53 Å². The third kappa shape index (κ3) is 2.12. The maximum atomic E-state index is 10.9. The number of nitrogens with two attached hydrogens (primary N) is 1. The fourth-order valence-electron chi connectivity index (χ4n) is 1.14. The monoisotopic (exact) mass is 195 g/mol. The standard InChI is InChI=1S/C9H13N3O2/c1-5-4-7(10)12-9(14-3)8(5)11-6(2)13/h4H,1-3H3,(H2,10,12)(H,11,13). The molecule has 0 aliphatic heterocycles. The second-order valence-corrected chi connectivity index (χ2v) is 2.93. The van der Waals surface area contributed by atoms with Gasteiger partial charge in [-0.3, -0.25) is 4.79 Å². The Balaban J connectivity index is 3.18. The molecule has 0 spiro atoms. The molecule has 3 N–H and O–H groups in total. The largest absolute Gasteiger partial charge is 0.479 e. The Labute approximate surface area is 82.3 Å². The van der Waals surface area contributed by atoms with Crippen LogP contribution in [0.25, 0.3) is 0 Å². The molecule has 0 unspecified atom stereocenters. The average molecular weight is 195 g/mol. The highest BCUT2D eigenvalue weighted by molar-refractivity contribution is 5.91. The number of amides is 1. The zero-order valence-corrected chi connectivity index (χ0v) is 8.42. The first-order valence-corrected chi connectivity index (χ1v) is 4.13. The van der Waals surface area contributed by atoms with Crippen molar-refractivity contribution in [2.24, 2.45) is 0 Å². The van der Waals surface area contributed by atoms with Crippen LogP contribution in [0.15, 0.2) is 6.07 Å². The molecule has 1 aromatic rings. The second kappa shape index (κ2) is 3.95. The molecule has 1 aromatic heterocycles. The molecule has 5 heteroatoms. The Hall–Kier alpha value is -1.78. The Bertz CT molecular complexity index is 363. The van der Waals surface area contributed by atoms with Gasteiger partial charge in [-0.05, 0) is 18.6 Å². The number of anilines is 2. The number of nitrogens with zero attached hydrogens (tertiary/aromatic N) is 1. The first-order chi connectivity index (χ1) is 6.54. The van der Waals surface area contributed by atoms with Crippen molar-refractivity contribution in [3.05, 3.63) is 11.6 Å². The van der Waals surface area contributed by atoms with E-state index in [1.807, 2.05) is 6.92 Å². The van der Waals surface area contributed by atoms with Crippen molar-refractivity contribution in [2.45, 2.75) is 13.8 Å². The molecular weight excluding hydrogens is 182 g/mol. The number of aryl methyl sites for hydroxylation is 1. The molecule has 0 bridgehead atoms. The van der Waals surface area contributed by atoms with Gasteiger partial charge in [-0.15, -0.1) is 0 Å². The topological polar surface area (TPSA) is 77.2 Å². The van der Waals surface area contributed by atoms with Gasteiger partial charge in [0.05, 0.1) is 7.11 Å². The lowest BCUT2D eigenvalue weighted by molar-refractivity contribution is -0.114. The zero-order chi connectivity index (χ0) is 10.7. The van der Waals surface area contributed by atoms with Crippen molar-refractivity contribution in [3.8, 4) is 5.88 Å². The minimum absolute atomic E-state index is 0.169. The van der Waals surface area contributed by atoms with E-state index in [0.717, 1.165) is 5.56 Å². The van der Waals surface area contributed by atoms with E-state index in [4.69, 9.17) is 10.5 Å². The van der Waals surface area contributed by atoms with Gasteiger partial charge in [-0.2, -0.15) is 4.98 Å². The highest BCUT2D eigenvalue weighted by atomic mass is 16.5. The van der Waals surface area contributed by atoms with Gasteiger partial charge in [0.1, 0.15) is 11.5 Å². The predicted octanol–water partition coefficient (Wildman–Crippen LogP) is 0.939. The van der Waals surface area contributed by atoms with Gasteiger partial charge in [0.15, 0.2) is 0 Å². The van der Waals surface area contributed by atoms with E-state index < -0.39 is 0 Å². The normalized spacial score (nSPS) is 9.64. The summed E-state index contributed by atoms with van der Waals surface area (Å²) in [6.45, 7) is 3.25. The Kier molecular flexibility index (Phi) is 2.91. The van der Waals surface area contributed by atoms with Crippen LogP contribution in [0.2, 0.25) is 0 Å². The van der Waals surface area contributed by atoms with Crippen LogP contribution in [-0.4, -0.2) is 18.0 Å². The number of nitrogens with one attached hydrogen (secondary N) is 1. The molecule has 1 rings (SSSR count). The fraction of sp³-hybridized carbons (Fsp3) is 0.333. The maximum Gasteiger partial charge on any atom is 0.239 e. The molecule has 0 atom stereocenters. The van der Waals surface area contributed by atoms with E-state index in [-0.39, 0.29) is 5.91 Å². The lowest BCUT2D eigenvalue weighted by Crippen LogP contribution is -2.10. The van der Waals surface area contributed by atoms with E-state index in [1.165, 1.54) is 14.0 Å². The summed E-state index contributed by atoms with van der Waals surface area (Å²) in [7, 11) is 1.48. The van der Waals surface area contributed by atoms with Gasteiger partial charge in [0, 0.05) is 6.92 Å². The van der Waals surface area contributed by atoms with E-state index in [1.54, 1.807) is 6.07 Å². The van der Waals surface area contributed by atoms with Crippen LogP contribution in [0.3, 0.4) is 0 Å². The molecular formula is C9H13N3O2. The molecule has 76 valence electrons. The molecule has 1 amide bonds. The molecule has 0 fully saturated rings. The van der Waals surface area contributed by atoms with Gasteiger partial charge < -0.3 is 15.8 Å². The summed E-state index contributed by atoms with van der Waals surface area (Å²) in [6, 6.07) is 1.67. The number of hydrogen-bond acceptors (Lipinski definition) is 4. The van der Waals surface area contributed by atoms with E-state index in [0.29, 0.717) is 17.4 Å². The predicted molar refractivity (Wildman–Crippen MR) is 54.2 cm³/mol. The van der Waals surface area contributed by atoms with Crippen molar-refractivity contribution in [2.75, 3.05) is 18.2 Å². The molecule has 14 heavy (non-hydrogen) atoms. The quantitative estimate of drug-likeness (QED) is 0.736. The Morgan fingerprint density at radius 3 is 2.79 bits per heavy atom. The number of methoxy groups -OCH3 is 1. The molecule has 0 radical (unpaired) electrons. The summed E-state index contributed by atoms with van der Waals surface area (Å²) in [4.78, 5) is 14.8. The number of hydrogen-bond donors (Lipinski definition) is 2. The Morgan fingerprint density at radius 2 is 2.29 bits per heavy atom. The lowest BCUT2D eigenvalue weighted by atomic mass is 10.2. The molecule has 0 saturated carbocycles. The number of pyridine rings is 1. The summed E-state index contributed by atoms with van der Waals surface area (Å²) in [6.07, 6.45) is 0. The van der Waals surface area contributed by atoms with Crippen LogP contribution in [0.5, 0.6) is 5.88 Å². The molecule has 0 aliphatic carbocycles. The highest BCUT2D eigenvalue weighted by Gasteiger charge is 2.10. The first kappa shape index (κ1) is 10.3. The minimum Gasteiger partial charge on any atom is -0.479 e. The van der Waals surface area contributed by atoms with E-state index in [9.17, 15) is 4.79 Å². The van der Waals surface area contributed by atoms with Crippen LogP contribution in [-0.2, 0) is 4.79 Å². The van der Waals surface area contributed by atoms with Gasteiger partial charge in [-0.1, -0.05) is 0 Å². The summed E-state index contributed by atoms with van der Waals surface area (Å²) in [5.74, 6) is 0.532. The number of ether oxygens (including phenoxy) is 1. The average Bonchev–Trinajstić information content (AvgIpc) is 2.08. The van der Waals surface area contributed by atoms with Gasteiger partial charge in [0.25, 0.3) is 0 Å². The third-order valence-corrected chi connectivity index (χ3v) is 1.70. The second-order valence-electron chi connectivity index (χ2n) is 2.93. The van der Waals surface area contributed by atoms with Crippen molar-refractivity contribution in [1.29, 1.82) is 0 Å². The Morgan fingerprint density at radius 1 is 1.64 bits per heavy atom. The molecule has 0 aliphatic rings. The lowest BCUT2D eigenvalue weighted by Gasteiger charge is -2.11. The number of nitrogen functional groups attached to an aromatic ring is 1. The first-order valence-electron chi connectivity index (χ1n) is 4.13. The summed E-state index contributed by atoms with van der Waals surface area (Å²) >= 11 is 0. The third-order valence-electron chi connectivity index (χ3n) is 1.70. The molecule has 1 heterocycles. The highest BCUT2D eigenvalue weighted by Crippen LogP contribution is 2.27. The van der Waals surface area contributed by atoms with Crippen LogP contribution in [0.1, 0.15) is 12.5 Å². The smallest absolute Gasteiger partial charge is 0.239 e. The minimum atomic E-state index is -0.169.